The minimum atomic E-state index is -0.153. The van der Waals surface area contributed by atoms with E-state index in [4.69, 9.17) is 0 Å². The quantitative estimate of drug-likeness (QED) is 0.407. The first-order valence-electron chi connectivity index (χ1n) is 1.82. The molecule has 1 aliphatic heterocycles. The summed E-state index contributed by atoms with van der Waals surface area (Å²) in [5.41, 5.74) is 0. The Kier molecular flexibility index (Phi) is 0.939. The molecule has 0 aliphatic carbocycles. The molecule has 0 nitrogen and oxygen atoms in total. The van der Waals surface area contributed by atoms with Gasteiger partial charge in [0, 0.05) is 0 Å². The zero-order valence-corrected chi connectivity index (χ0v) is 5.98. The van der Waals surface area contributed by atoms with Gasteiger partial charge in [-0.2, -0.15) is 0 Å². The Hall–Kier alpha value is 0.0229. The molecule has 0 radical (unpaired) electrons. The van der Waals surface area contributed by atoms with Gasteiger partial charge in [0.05, 0.1) is 0 Å². The van der Waals surface area contributed by atoms with Crippen LogP contribution >= 0.6 is 0 Å². The van der Waals surface area contributed by atoms with Crippen LogP contribution in [0.4, 0.5) is 0 Å². The molecule has 0 fully saturated rings. The van der Waals surface area contributed by atoms with Crippen molar-refractivity contribution in [3.63, 3.8) is 0 Å². The van der Waals surface area contributed by atoms with Gasteiger partial charge in [-0.1, -0.05) is 0 Å². The molecule has 0 spiro atoms. The molecule has 0 saturated heterocycles. The van der Waals surface area contributed by atoms with Gasteiger partial charge >= 0.3 is 37.4 Å². The van der Waals surface area contributed by atoms with Crippen molar-refractivity contribution in [2.75, 3.05) is 0 Å². The third-order valence-corrected chi connectivity index (χ3v) is 2.94. The van der Waals surface area contributed by atoms with E-state index in [1.54, 1.807) is 0 Å². The van der Waals surface area contributed by atoms with Gasteiger partial charge in [0.2, 0.25) is 0 Å². The molecule has 1 aliphatic rings. The molecule has 5 heavy (non-hydrogen) atoms. The molecule has 0 amide bonds. The Bertz CT molecular complexity index is 61.7. The van der Waals surface area contributed by atoms with E-state index in [2.05, 4.69) is 22.0 Å². The average molecular weight is 127 g/mol. The van der Waals surface area contributed by atoms with E-state index in [0.29, 0.717) is 0 Å². The van der Waals surface area contributed by atoms with Crippen LogP contribution in [0.1, 0.15) is 0 Å². The molecule has 1 heterocycles. The third kappa shape index (κ3) is 0.652. The van der Waals surface area contributed by atoms with E-state index in [-0.39, 0.29) is 15.4 Å². The second-order valence-corrected chi connectivity index (χ2v) is 4.06. The van der Waals surface area contributed by atoms with Gasteiger partial charge in [-0.3, -0.25) is 0 Å². The summed E-state index contributed by atoms with van der Waals surface area (Å²) in [4.78, 5) is 4.62. The molecular weight excluding hydrogens is 121 g/mol. The van der Waals surface area contributed by atoms with E-state index in [9.17, 15) is 0 Å². The van der Waals surface area contributed by atoms with E-state index in [1.807, 2.05) is 0 Å². The minimum absolute atomic E-state index is 0.153. The Labute approximate surface area is 38.0 Å². The van der Waals surface area contributed by atoms with Crippen LogP contribution in [0, 0.1) is 0 Å². The summed E-state index contributed by atoms with van der Waals surface area (Å²) < 4.78 is 0. The first kappa shape index (κ1) is 3.22. The van der Waals surface area contributed by atoms with Crippen LogP contribution < -0.4 is 0 Å². The van der Waals surface area contributed by atoms with Crippen molar-refractivity contribution in [1.29, 1.82) is 0 Å². The molecule has 1 rings (SSSR count). The van der Waals surface area contributed by atoms with Crippen LogP contribution in [0.5, 0.6) is 0 Å². The summed E-state index contributed by atoms with van der Waals surface area (Å²) in [5, 5.41) is 0. The van der Waals surface area contributed by atoms with Crippen molar-refractivity contribution in [2.24, 2.45) is 0 Å². The summed E-state index contributed by atoms with van der Waals surface area (Å²) in [6.07, 6.45) is 4.28. The van der Waals surface area contributed by atoms with Crippen molar-refractivity contribution >= 4 is 15.4 Å². The van der Waals surface area contributed by atoms with Gasteiger partial charge in [0.25, 0.3) is 0 Å². The van der Waals surface area contributed by atoms with Crippen LogP contribution in [0.25, 0.3) is 0 Å². The molecule has 0 aromatic rings. The summed E-state index contributed by atoms with van der Waals surface area (Å²) in [7, 11) is 0. The molecule has 0 aromatic carbocycles. The van der Waals surface area contributed by atoms with Crippen molar-refractivity contribution in [1.82, 2.24) is 0 Å². The Morgan fingerprint density at radius 3 is 1.80 bits per heavy atom. The summed E-state index contributed by atoms with van der Waals surface area (Å²) in [6.45, 7) is 0. The van der Waals surface area contributed by atoms with Gasteiger partial charge in [-0.25, -0.2) is 0 Å². The predicted octanol–water partition coefficient (Wildman–Crippen LogP) is 0.196. The number of rotatable bonds is 0. The predicted molar refractivity (Wildman–Crippen MR) is 26.8 cm³/mol. The van der Waals surface area contributed by atoms with Crippen molar-refractivity contribution < 1.29 is 0 Å². The Morgan fingerprint density at radius 1 is 1.00 bits per heavy atom. The molecular formula is C4H6Ge. The second kappa shape index (κ2) is 1.46. The van der Waals surface area contributed by atoms with Crippen molar-refractivity contribution in [3.8, 4) is 0 Å². The van der Waals surface area contributed by atoms with Gasteiger partial charge in [-0.15, -0.1) is 0 Å². The van der Waals surface area contributed by atoms with E-state index >= 15 is 0 Å². The number of hydrogen-bond donors (Lipinski definition) is 0. The van der Waals surface area contributed by atoms with Crippen molar-refractivity contribution in [2.45, 2.75) is 0 Å². The molecule has 0 bridgehead atoms. The standard InChI is InChI=1S/C4H6Ge/c1-2-4-5-3-1/h1-4H,5H2. The number of allylic oxidation sites excluding steroid dienone is 2. The van der Waals surface area contributed by atoms with Crippen LogP contribution in [-0.2, 0) is 0 Å². The normalized spacial score (nSPS) is 17.6. The van der Waals surface area contributed by atoms with Crippen LogP contribution in [0.3, 0.4) is 0 Å². The fraction of sp³-hybridized carbons (Fsp3) is 0. The summed E-state index contributed by atoms with van der Waals surface area (Å²) in [5.74, 6) is 0. The molecule has 0 aromatic heterocycles. The second-order valence-electron chi connectivity index (χ2n) is 1.09. The zero-order valence-electron chi connectivity index (χ0n) is 3.02. The zero-order chi connectivity index (χ0) is 3.54. The van der Waals surface area contributed by atoms with E-state index < -0.39 is 0 Å². The third-order valence-electron chi connectivity index (χ3n) is 0.655. The first-order chi connectivity index (χ1) is 2.50. The molecule has 26 valence electrons. The van der Waals surface area contributed by atoms with Crippen LogP contribution in [-0.4, -0.2) is 15.4 Å². The maximum absolute atomic E-state index is 2.31. The average Bonchev–Trinajstić information content (AvgIpc) is 1.76. The fourth-order valence-corrected chi connectivity index (χ4v) is 2.04. The van der Waals surface area contributed by atoms with Crippen LogP contribution in [0.15, 0.2) is 22.0 Å². The van der Waals surface area contributed by atoms with Crippen LogP contribution in [0.2, 0.25) is 0 Å². The molecule has 0 unspecified atom stereocenters. The van der Waals surface area contributed by atoms with E-state index in [0.717, 1.165) is 0 Å². The topological polar surface area (TPSA) is 0 Å². The SMILES string of the molecule is C1=[CH][GeH2][CH]=C1. The van der Waals surface area contributed by atoms with Gasteiger partial charge in [0.1, 0.15) is 0 Å². The van der Waals surface area contributed by atoms with Gasteiger partial charge < -0.3 is 0 Å². The number of hydrogen-bond acceptors (Lipinski definition) is 0. The summed E-state index contributed by atoms with van der Waals surface area (Å²) in [6, 6.07) is 0. The fourth-order valence-electron chi connectivity index (χ4n) is 0.393. The monoisotopic (exact) mass is 128 g/mol. The molecule has 1 heteroatoms. The molecule has 0 saturated carbocycles. The summed E-state index contributed by atoms with van der Waals surface area (Å²) >= 11 is -0.153. The van der Waals surface area contributed by atoms with E-state index in [1.165, 1.54) is 0 Å². The van der Waals surface area contributed by atoms with Gasteiger partial charge in [-0.05, 0) is 0 Å². The Morgan fingerprint density at radius 2 is 1.60 bits per heavy atom. The van der Waals surface area contributed by atoms with Gasteiger partial charge in [0.15, 0.2) is 0 Å². The molecule has 0 N–H and O–H groups in total. The first-order valence-corrected chi connectivity index (χ1v) is 5.24. The molecule has 0 atom stereocenters. The van der Waals surface area contributed by atoms with Crippen molar-refractivity contribution in [3.05, 3.63) is 22.0 Å². The Balaban J connectivity index is 2.61. The maximum atomic E-state index is 2.31.